The summed E-state index contributed by atoms with van der Waals surface area (Å²) < 4.78 is 10.6. The van der Waals surface area contributed by atoms with Crippen molar-refractivity contribution in [2.45, 2.75) is 12.8 Å². The molecular weight excluding hydrogens is 440 g/mol. The predicted molar refractivity (Wildman–Crippen MR) is 130 cm³/mol. The zero-order valence-electron chi connectivity index (χ0n) is 19.3. The molecule has 1 aliphatic rings. The molecule has 1 saturated heterocycles. The van der Waals surface area contributed by atoms with E-state index >= 15 is 0 Å². The number of benzene rings is 1. The lowest BCUT2D eigenvalue weighted by Crippen LogP contribution is -2.27. The minimum absolute atomic E-state index is 0.0300. The highest BCUT2D eigenvalue weighted by atomic mass is 16.5. The van der Waals surface area contributed by atoms with E-state index in [1.807, 2.05) is 6.07 Å². The Labute approximate surface area is 199 Å². The fraction of sp³-hybridized carbons (Fsp3) is 0.545. The molecule has 0 bridgehead atoms. The van der Waals surface area contributed by atoms with Gasteiger partial charge in [0.1, 0.15) is 0 Å². The molecule has 1 amide bonds. The highest BCUT2D eigenvalue weighted by Gasteiger charge is 2.17. The van der Waals surface area contributed by atoms with Gasteiger partial charge in [0.15, 0.2) is 0 Å². The largest absolute Gasteiger partial charge is 0.395 e. The van der Waals surface area contributed by atoms with Gasteiger partial charge in [0.2, 0.25) is 17.8 Å². The van der Waals surface area contributed by atoms with Crippen LogP contribution in [0.1, 0.15) is 23.2 Å². The number of ether oxygens (including phenoxy) is 2. The lowest BCUT2D eigenvalue weighted by molar-refractivity contribution is 0.0511. The van der Waals surface area contributed by atoms with Gasteiger partial charge in [-0.2, -0.15) is 15.0 Å². The first kappa shape index (κ1) is 25.6. The van der Waals surface area contributed by atoms with Crippen molar-refractivity contribution in [2.24, 2.45) is 5.73 Å². The highest BCUT2D eigenvalue weighted by Crippen LogP contribution is 2.21. The molecule has 1 aromatic carbocycles. The molecule has 0 spiro atoms. The van der Waals surface area contributed by atoms with E-state index in [2.05, 4.69) is 35.8 Å². The van der Waals surface area contributed by atoms with Gasteiger partial charge < -0.3 is 41.2 Å². The van der Waals surface area contributed by atoms with Crippen LogP contribution in [0.5, 0.6) is 0 Å². The molecule has 34 heavy (non-hydrogen) atoms. The van der Waals surface area contributed by atoms with E-state index in [4.69, 9.17) is 20.3 Å². The van der Waals surface area contributed by atoms with E-state index in [0.717, 1.165) is 25.9 Å². The van der Waals surface area contributed by atoms with Gasteiger partial charge in [-0.1, -0.05) is 6.07 Å². The minimum atomic E-state index is -0.203. The fourth-order valence-electron chi connectivity index (χ4n) is 3.34. The van der Waals surface area contributed by atoms with Gasteiger partial charge in [-0.15, -0.1) is 0 Å². The number of anilines is 4. The van der Waals surface area contributed by atoms with Crippen LogP contribution in [0.25, 0.3) is 0 Å². The van der Waals surface area contributed by atoms with E-state index in [1.165, 1.54) is 0 Å². The summed E-state index contributed by atoms with van der Waals surface area (Å²) in [5.41, 5.74) is 6.53. The Kier molecular flexibility index (Phi) is 10.7. The molecule has 0 saturated carbocycles. The van der Waals surface area contributed by atoms with Crippen molar-refractivity contribution >= 4 is 29.4 Å². The van der Waals surface area contributed by atoms with Crippen LogP contribution in [0.3, 0.4) is 0 Å². The third-order valence-electron chi connectivity index (χ3n) is 4.95. The number of nitrogens with one attached hydrogen (secondary N) is 3. The van der Waals surface area contributed by atoms with Gasteiger partial charge in [0.25, 0.3) is 5.91 Å². The minimum Gasteiger partial charge on any atom is -0.395 e. The summed E-state index contributed by atoms with van der Waals surface area (Å²) in [4.78, 5) is 28.0. The lowest BCUT2D eigenvalue weighted by Gasteiger charge is -2.17. The topological polar surface area (TPSA) is 160 Å². The summed E-state index contributed by atoms with van der Waals surface area (Å²) in [6.07, 6.45) is 2.19. The zero-order valence-corrected chi connectivity index (χ0v) is 19.3. The maximum absolute atomic E-state index is 12.5. The standard InChI is InChI=1S/C22H34N8O4/c23-6-12-33-14-15-34-13-8-24-19(32)17-4-3-5-18(16-17)26-21-27-20(25-7-11-31)28-22(29-21)30-9-1-2-10-30/h3-5,16,31H,1-2,6-15,23H2,(H,24,32)(H2,25,26,27,28,29). The third-order valence-corrected chi connectivity index (χ3v) is 4.95. The van der Waals surface area contributed by atoms with Crippen LogP contribution in [0, 0.1) is 0 Å². The smallest absolute Gasteiger partial charge is 0.251 e. The Balaban J connectivity index is 1.56. The van der Waals surface area contributed by atoms with Gasteiger partial charge in [-0.25, -0.2) is 0 Å². The number of rotatable bonds is 15. The van der Waals surface area contributed by atoms with E-state index in [1.54, 1.807) is 18.2 Å². The van der Waals surface area contributed by atoms with Crippen molar-refractivity contribution < 1.29 is 19.4 Å². The quantitative estimate of drug-likeness (QED) is 0.226. The second-order valence-corrected chi connectivity index (χ2v) is 7.60. The monoisotopic (exact) mass is 474 g/mol. The first-order chi connectivity index (χ1) is 16.7. The molecule has 0 atom stereocenters. The normalized spacial score (nSPS) is 13.2. The second-order valence-electron chi connectivity index (χ2n) is 7.60. The molecule has 6 N–H and O–H groups in total. The van der Waals surface area contributed by atoms with Crippen molar-refractivity contribution in [1.82, 2.24) is 20.3 Å². The van der Waals surface area contributed by atoms with Crippen LogP contribution >= 0.6 is 0 Å². The summed E-state index contributed by atoms with van der Waals surface area (Å²) in [5.74, 6) is 1.12. The summed E-state index contributed by atoms with van der Waals surface area (Å²) >= 11 is 0. The Hall–Kier alpha value is -3.06. The van der Waals surface area contributed by atoms with Crippen LogP contribution in [0.15, 0.2) is 24.3 Å². The average Bonchev–Trinajstić information content (AvgIpc) is 3.39. The van der Waals surface area contributed by atoms with Crippen LogP contribution in [-0.2, 0) is 9.47 Å². The fourth-order valence-corrected chi connectivity index (χ4v) is 3.34. The molecule has 2 aromatic rings. The van der Waals surface area contributed by atoms with Crippen molar-refractivity contribution in [3.63, 3.8) is 0 Å². The highest BCUT2D eigenvalue weighted by molar-refractivity contribution is 5.95. The number of carbonyl (C=O) groups is 1. The van der Waals surface area contributed by atoms with Gasteiger partial charge in [-0.3, -0.25) is 4.79 Å². The molecule has 186 valence electrons. The maximum atomic E-state index is 12.5. The van der Waals surface area contributed by atoms with Gasteiger partial charge >= 0.3 is 0 Å². The molecule has 0 aliphatic carbocycles. The molecule has 2 heterocycles. The van der Waals surface area contributed by atoms with Gasteiger partial charge in [0.05, 0.1) is 33.0 Å². The van der Waals surface area contributed by atoms with Gasteiger partial charge in [-0.05, 0) is 31.0 Å². The first-order valence-electron chi connectivity index (χ1n) is 11.6. The molecule has 12 nitrogen and oxygen atoms in total. The molecule has 1 aromatic heterocycles. The number of aliphatic hydroxyl groups is 1. The zero-order chi connectivity index (χ0) is 24.0. The summed E-state index contributed by atoms with van der Waals surface area (Å²) in [6, 6.07) is 7.09. The number of nitrogens with zero attached hydrogens (tertiary/aromatic N) is 4. The van der Waals surface area contributed by atoms with Crippen LogP contribution in [0.4, 0.5) is 23.5 Å². The molecule has 3 rings (SSSR count). The van der Waals surface area contributed by atoms with Crippen LogP contribution in [0.2, 0.25) is 0 Å². The number of carbonyl (C=O) groups excluding carboxylic acids is 1. The Morgan fingerprint density at radius 2 is 1.79 bits per heavy atom. The molecule has 1 aliphatic heterocycles. The molecule has 1 fully saturated rings. The predicted octanol–water partition coefficient (Wildman–Crippen LogP) is 0.341. The molecule has 0 unspecified atom stereocenters. The summed E-state index contributed by atoms with van der Waals surface area (Å²) in [7, 11) is 0. The second kappa shape index (κ2) is 14.3. The first-order valence-corrected chi connectivity index (χ1v) is 11.6. The number of hydrogen-bond acceptors (Lipinski definition) is 11. The van der Waals surface area contributed by atoms with Crippen molar-refractivity contribution in [2.75, 3.05) is 81.3 Å². The van der Waals surface area contributed by atoms with E-state index in [-0.39, 0.29) is 12.5 Å². The van der Waals surface area contributed by atoms with E-state index in [0.29, 0.717) is 75.2 Å². The molecular formula is C22H34N8O4. The Morgan fingerprint density at radius 3 is 2.56 bits per heavy atom. The third kappa shape index (κ3) is 8.37. The van der Waals surface area contributed by atoms with Crippen molar-refractivity contribution in [1.29, 1.82) is 0 Å². The number of nitrogens with two attached hydrogens (primary N) is 1. The number of aliphatic hydroxyl groups excluding tert-OH is 1. The SMILES string of the molecule is NCCOCCOCCNC(=O)c1cccc(Nc2nc(NCCO)nc(N3CCCC3)n2)c1. The average molecular weight is 475 g/mol. The number of aromatic nitrogens is 3. The lowest BCUT2D eigenvalue weighted by atomic mass is 10.2. The maximum Gasteiger partial charge on any atom is 0.251 e. The van der Waals surface area contributed by atoms with Crippen LogP contribution < -0.4 is 26.6 Å². The molecule has 12 heteroatoms. The number of amides is 1. The number of hydrogen-bond donors (Lipinski definition) is 5. The van der Waals surface area contributed by atoms with Crippen molar-refractivity contribution in [3.8, 4) is 0 Å². The van der Waals surface area contributed by atoms with E-state index < -0.39 is 0 Å². The Morgan fingerprint density at radius 1 is 1.03 bits per heavy atom. The Bertz CT molecular complexity index is 895. The van der Waals surface area contributed by atoms with E-state index in [9.17, 15) is 4.79 Å². The van der Waals surface area contributed by atoms with Gasteiger partial charge in [0, 0.05) is 44.0 Å². The van der Waals surface area contributed by atoms with Crippen LogP contribution in [-0.4, -0.2) is 91.7 Å². The van der Waals surface area contributed by atoms with Crippen molar-refractivity contribution in [3.05, 3.63) is 29.8 Å². The molecule has 0 radical (unpaired) electrons. The summed E-state index contributed by atoms with van der Waals surface area (Å²) in [6.45, 7) is 4.80. The summed E-state index contributed by atoms with van der Waals surface area (Å²) in [5, 5.41) is 18.1.